The highest BCUT2D eigenvalue weighted by molar-refractivity contribution is 5.73. The average Bonchev–Trinajstić information content (AvgIpc) is 3.23. The zero-order chi connectivity index (χ0) is 14.1. The lowest BCUT2D eigenvalue weighted by Gasteiger charge is -2.12. The summed E-state index contributed by atoms with van der Waals surface area (Å²) in [4.78, 5) is 0. The van der Waals surface area contributed by atoms with Crippen LogP contribution in [0.1, 0.15) is 23.5 Å². The summed E-state index contributed by atoms with van der Waals surface area (Å²) in [6.45, 7) is 0. The van der Waals surface area contributed by atoms with E-state index in [-0.39, 0.29) is 6.04 Å². The summed E-state index contributed by atoms with van der Waals surface area (Å²) in [6.07, 6.45) is 0.947. The first-order chi connectivity index (χ1) is 9.74. The highest BCUT2D eigenvalue weighted by Crippen LogP contribution is 2.44. The second-order valence-electron chi connectivity index (χ2n) is 5.12. The summed E-state index contributed by atoms with van der Waals surface area (Å²) in [5.74, 6) is 1.09. The van der Waals surface area contributed by atoms with Gasteiger partial charge in [-0.3, -0.25) is 0 Å². The largest absolute Gasteiger partial charge is 0.496 e. The van der Waals surface area contributed by atoms with Crippen molar-refractivity contribution in [3.05, 3.63) is 53.6 Å². The molecule has 0 aromatic heterocycles. The van der Waals surface area contributed by atoms with Crippen LogP contribution in [0.3, 0.4) is 0 Å². The topological polar surface area (TPSA) is 59.0 Å². The quantitative estimate of drug-likeness (QED) is 0.926. The molecule has 0 unspecified atom stereocenters. The molecule has 2 N–H and O–H groups in total. The number of nitriles is 1. The minimum atomic E-state index is 0.175. The summed E-state index contributed by atoms with van der Waals surface area (Å²) in [6, 6.07) is 16.3. The summed E-state index contributed by atoms with van der Waals surface area (Å²) < 4.78 is 5.50. The van der Waals surface area contributed by atoms with Crippen molar-refractivity contribution in [3.8, 4) is 22.9 Å². The van der Waals surface area contributed by atoms with E-state index in [1.54, 1.807) is 7.11 Å². The third-order valence-electron chi connectivity index (χ3n) is 3.82. The van der Waals surface area contributed by atoms with Gasteiger partial charge in [-0.25, -0.2) is 0 Å². The van der Waals surface area contributed by atoms with E-state index < -0.39 is 0 Å². The van der Waals surface area contributed by atoms with Crippen LogP contribution in [0, 0.1) is 11.3 Å². The van der Waals surface area contributed by atoms with Crippen molar-refractivity contribution in [2.45, 2.75) is 18.4 Å². The molecular weight excluding hydrogens is 248 g/mol. The molecule has 20 heavy (non-hydrogen) atoms. The van der Waals surface area contributed by atoms with Gasteiger partial charge in [0.05, 0.1) is 18.7 Å². The van der Waals surface area contributed by atoms with Crippen molar-refractivity contribution in [1.82, 2.24) is 0 Å². The molecule has 0 saturated heterocycles. The first-order valence-electron chi connectivity index (χ1n) is 6.67. The van der Waals surface area contributed by atoms with Crippen LogP contribution in [0.2, 0.25) is 0 Å². The molecule has 0 heterocycles. The molecule has 0 bridgehead atoms. The van der Waals surface area contributed by atoms with Crippen molar-refractivity contribution in [1.29, 1.82) is 5.26 Å². The maximum absolute atomic E-state index is 9.38. The molecule has 0 aliphatic heterocycles. The van der Waals surface area contributed by atoms with Crippen molar-refractivity contribution < 1.29 is 4.74 Å². The van der Waals surface area contributed by atoms with E-state index in [4.69, 9.17) is 10.5 Å². The zero-order valence-electron chi connectivity index (χ0n) is 11.3. The van der Waals surface area contributed by atoms with Crippen LogP contribution < -0.4 is 10.5 Å². The standard InChI is InChI=1S/C17H16N2O/c1-20-17-9-13(15-8-16(15)19)12(10-18)7-14(17)11-5-3-2-4-6-11/h2-7,9,15-16H,8,19H2,1H3/t15-,16+/m0/s1. The number of hydrogen-bond donors (Lipinski definition) is 1. The molecule has 2 atom stereocenters. The Bertz CT molecular complexity index is 673. The maximum Gasteiger partial charge on any atom is 0.127 e. The Hall–Kier alpha value is -2.31. The Morgan fingerprint density at radius 3 is 2.50 bits per heavy atom. The fourth-order valence-electron chi connectivity index (χ4n) is 2.58. The lowest BCUT2D eigenvalue weighted by molar-refractivity contribution is 0.416. The molecular formula is C17H16N2O. The monoisotopic (exact) mass is 264 g/mol. The van der Waals surface area contributed by atoms with Gasteiger partial charge in [0, 0.05) is 17.5 Å². The van der Waals surface area contributed by atoms with Gasteiger partial charge in [0.2, 0.25) is 0 Å². The summed E-state index contributed by atoms with van der Waals surface area (Å²) >= 11 is 0. The highest BCUT2D eigenvalue weighted by atomic mass is 16.5. The molecule has 2 aromatic rings. The zero-order valence-corrected chi connectivity index (χ0v) is 11.3. The molecule has 0 amide bonds. The smallest absolute Gasteiger partial charge is 0.127 e. The minimum absolute atomic E-state index is 0.175. The highest BCUT2D eigenvalue weighted by Gasteiger charge is 2.37. The van der Waals surface area contributed by atoms with E-state index in [0.717, 1.165) is 28.9 Å². The number of methoxy groups -OCH3 is 1. The van der Waals surface area contributed by atoms with Gasteiger partial charge < -0.3 is 10.5 Å². The van der Waals surface area contributed by atoms with Crippen LogP contribution >= 0.6 is 0 Å². The molecule has 3 rings (SSSR count). The van der Waals surface area contributed by atoms with E-state index in [9.17, 15) is 5.26 Å². The lowest BCUT2D eigenvalue weighted by Crippen LogP contribution is -2.03. The van der Waals surface area contributed by atoms with Crippen molar-refractivity contribution in [3.63, 3.8) is 0 Å². The Kier molecular flexibility index (Phi) is 3.17. The van der Waals surface area contributed by atoms with Gasteiger partial charge >= 0.3 is 0 Å². The minimum Gasteiger partial charge on any atom is -0.496 e. The summed E-state index contributed by atoms with van der Waals surface area (Å²) in [7, 11) is 1.66. The van der Waals surface area contributed by atoms with E-state index >= 15 is 0 Å². The number of benzene rings is 2. The van der Waals surface area contributed by atoms with Crippen LogP contribution in [-0.2, 0) is 0 Å². The Morgan fingerprint density at radius 1 is 1.25 bits per heavy atom. The van der Waals surface area contributed by atoms with E-state index in [1.165, 1.54) is 0 Å². The molecule has 0 spiro atoms. The third kappa shape index (κ3) is 2.15. The number of rotatable bonds is 3. The van der Waals surface area contributed by atoms with E-state index in [1.807, 2.05) is 42.5 Å². The summed E-state index contributed by atoms with van der Waals surface area (Å²) in [5, 5.41) is 9.38. The molecule has 3 heteroatoms. The maximum atomic E-state index is 9.38. The Morgan fingerprint density at radius 2 is 1.95 bits per heavy atom. The average molecular weight is 264 g/mol. The molecule has 0 radical (unpaired) electrons. The van der Waals surface area contributed by atoms with Crippen molar-refractivity contribution in [2.24, 2.45) is 5.73 Å². The molecule has 1 fully saturated rings. The van der Waals surface area contributed by atoms with Gasteiger partial charge in [0.1, 0.15) is 5.75 Å². The van der Waals surface area contributed by atoms with Crippen LogP contribution in [0.5, 0.6) is 5.75 Å². The molecule has 100 valence electrons. The van der Waals surface area contributed by atoms with Gasteiger partial charge in [0.15, 0.2) is 0 Å². The Balaban J connectivity index is 2.14. The predicted octanol–water partition coefficient (Wildman–Crippen LogP) is 3.05. The molecule has 3 nitrogen and oxygen atoms in total. The molecule has 1 aliphatic rings. The first-order valence-corrected chi connectivity index (χ1v) is 6.67. The van der Waals surface area contributed by atoms with Crippen LogP contribution in [-0.4, -0.2) is 13.2 Å². The van der Waals surface area contributed by atoms with Gasteiger partial charge in [-0.15, -0.1) is 0 Å². The van der Waals surface area contributed by atoms with Crippen LogP contribution in [0.4, 0.5) is 0 Å². The second kappa shape index (κ2) is 4.99. The van der Waals surface area contributed by atoms with Gasteiger partial charge in [-0.1, -0.05) is 30.3 Å². The number of hydrogen-bond acceptors (Lipinski definition) is 3. The van der Waals surface area contributed by atoms with Gasteiger partial charge in [-0.05, 0) is 29.7 Å². The Labute approximate surface area is 118 Å². The fourth-order valence-corrected chi connectivity index (χ4v) is 2.58. The fraction of sp³-hybridized carbons (Fsp3) is 0.235. The molecule has 1 saturated carbocycles. The SMILES string of the molecule is COc1cc([C@@H]2C[C@H]2N)c(C#N)cc1-c1ccccc1. The van der Waals surface area contributed by atoms with Crippen molar-refractivity contribution in [2.75, 3.05) is 7.11 Å². The number of ether oxygens (including phenoxy) is 1. The predicted molar refractivity (Wildman–Crippen MR) is 78.5 cm³/mol. The van der Waals surface area contributed by atoms with Crippen molar-refractivity contribution >= 4 is 0 Å². The van der Waals surface area contributed by atoms with Gasteiger partial charge in [-0.2, -0.15) is 5.26 Å². The lowest BCUT2D eigenvalue weighted by atomic mass is 9.96. The van der Waals surface area contributed by atoms with Crippen LogP contribution in [0.25, 0.3) is 11.1 Å². The van der Waals surface area contributed by atoms with Crippen LogP contribution in [0.15, 0.2) is 42.5 Å². The molecule has 2 aromatic carbocycles. The van der Waals surface area contributed by atoms with E-state index in [0.29, 0.717) is 11.5 Å². The third-order valence-corrected chi connectivity index (χ3v) is 3.82. The van der Waals surface area contributed by atoms with E-state index in [2.05, 4.69) is 6.07 Å². The summed E-state index contributed by atoms with van der Waals surface area (Å²) in [5.41, 5.74) is 9.62. The normalized spacial score (nSPS) is 20.2. The molecule has 1 aliphatic carbocycles. The first kappa shape index (κ1) is 12.7. The number of nitrogens with two attached hydrogens (primary N) is 1. The number of nitrogens with zero attached hydrogens (tertiary/aromatic N) is 1. The second-order valence-corrected chi connectivity index (χ2v) is 5.12. The van der Waals surface area contributed by atoms with Gasteiger partial charge in [0.25, 0.3) is 0 Å².